The van der Waals surface area contributed by atoms with E-state index in [4.69, 9.17) is 30.0 Å². The SMILES string of the molecule is C=CC(=O)OCC(O)CO.C=CC(=O)[O-].C=CC(=O)[O-]. The molecule has 114 valence electrons. The fraction of sp³-hybridized carbons (Fsp3) is 0.250. The van der Waals surface area contributed by atoms with Crippen LogP contribution in [0.2, 0.25) is 0 Å². The normalized spacial score (nSPS) is 9.30. The molecule has 1 unspecified atom stereocenters. The third-order valence-electron chi connectivity index (χ3n) is 1.13. The summed E-state index contributed by atoms with van der Waals surface area (Å²) in [6.45, 7) is 8.34. The molecule has 0 aromatic carbocycles. The van der Waals surface area contributed by atoms with E-state index in [2.05, 4.69) is 24.5 Å². The molecule has 2 N–H and O–H groups in total. The molecule has 0 amide bonds. The highest BCUT2D eigenvalue weighted by Crippen LogP contribution is 1.84. The van der Waals surface area contributed by atoms with Gasteiger partial charge in [0.2, 0.25) is 0 Å². The molecule has 1 atom stereocenters. The summed E-state index contributed by atoms with van der Waals surface area (Å²) >= 11 is 0. The molecule has 0 aliphatic rings. The molecule has 0 aliphatic heterocycles. The average molecular weight is 288 g/mol. The van der Waals surface area contributed by atoms with Crippen molar-refractivity contribution in [2.75, 3.05) is 13.2 Å². The lowest BCUT2D eigenvalue weighted by atomic mass is 10.4. The Balaban J connectivity index is -0.000000244. The minimum Gasteiger partial charge on any atom is -0.545 e. The average Bonchev–Trinajstić information content (AvgIpc) is 2.45. The summed E-state index contributed by atoms with van der Waals surface area (Å²) in [5.74, 6) is -3.07. The summed E-state index contributed by atoms with van der Waals surface area (Å²) in [4.78, 5) is 28.6. The van der Waals surface area contributed by atoms with Gasteiger partial charge in [0.05, 0.1) is 18.5 Å². The predicted molar refractivity (Wildman–Crippen MR) is 64.7 cm³/mol. The Labute approximate surface area is 115 Å². The zero-order valence-electron chi connectivity index (χ0n) is 10.7. The quantitative estimate of drug-likeness (QED) is 0.386. The van der Waals surface area contributed by atoms with Crippen LogP contribution in [0.1, 0.15) is 0 Å². The van der Waals surface area contributed by atoms with Crippen molar-refractivity contribution in [3.63, 3.8) is 0 Å². The van der Waals surface area contributed by atoms with Crippen LogP contribution in [0.25, 0.3) is 0 Å². The molecule has 0 rings (SSSR count). The monoisotopic (exact) mass is 288 g/mol. The number of ether oxygens (including phenoxy) is 1. The predicted octanol–water partition coefficient (Wildman–Crippen LogP) is -3.09. The third kappa shape index (κ3) is 29.6. The van der Waals surface area contributed by atoms with Crippen LogP contribution in [0.3, 0.4) is 0 Å². The number of aliphatic carboxylic acids is 2. The lowest BCUT2D eigenvalue weighted by Gasteiger charge is -2.05. The number of carbonyl (C=O) groups excluding carboxylic acids is 3. The van der Waals surface area contributed by atoms with Crippen molar-refractivity contribution in [2.45, 2.75) is 6.10 Å². The van der Waals surface area contributed by atoms with Gasteiger partial charge >= 0.3 is 5.97 Å². The molecular formula is C12H16O8-2. The van der Waals surface area contributed by atoms with Gasteiger partial charge in [0.25, 0.3) is 0 Å². The Kier molecular flexibility index (Phi) is 18.8. The van der Waals surface area contributed by atoms with E-state index < -0.39 is 30.6 Å². The van der Waals surface area contributed by atoms with Gasteiger partial charge in [-0.2, -0.15) is 0 Å². The lowest BCUT2D eigenvalue weighted by Crippen LogP contribution is -2.21. The van der Waals surface area contributed by atoms with Gasteiger partial charge in [-0.1, -0.05) is 19.7 Å². The standard InChI is InChI=1S/C6H10O4.2C3H4O2/c1-2-6(9)10-4-5(8)3-7;2*1-2-3(4)5/h2,5,7-8H,1,3-4H2;2*2H,1H2,(H,4,5)/p-2. The maximum atomic E-state index is 10.3. The second kappa shape index (κ2) is 16.6. The highest BCUT2D eigenvalue weighted by Gasteiger charge is 2.03. The number of esters is 1. The summed E-state index contributed by atoms with van der Waals surface area (Å²) in [5, 5.41) is 35.2. The van der Waals surface area contributed by atoms with Gasteiger partial charge in [-0.25, -0.2) is 4.79 Å². The first-order valence-electron chi connectivity index (χ1n) is 5.00. The van der Waals surface area contributed by atoms with E-state index in [1.807, 2.05) is 0 Å². The van der Waals surface area contributed by atoms with Crippen LogP contribution in [0.5, 0.6) is 0 Å². The highest BCUT2D eigenvalue weighted by molar-refractivity contribution is 5.81. The fourth-order valence-corrected chi connectivity index (χ4v) is 0.290. The molecule has 0 aromatic heterocycles. The van der Waals surface area contributed by atoms with E-state index in [-0.39, 0.29) is 6.61 Å². The Morgan fingerprint density at radius 3 is 1.60 bits per heavy atom. The molecule has 0 bridgehead atoms. The van der Waals surface area contributed by atoms with E-state index in [0.29, 0.717) is 0 Å². The summed E-state index contributed by atoms with van der Waals surface area (Å²) in [7, 11) is 0. The molecule has 0 radical (unpaired) electrons. The third-order valence-corrected chi connectivity index (χ3v) is 1.13. The minimum atomic E-state index is -1.23. The van der Waals surface area contributed by atoms with Gasteiger partial charge < -0.3 is 34.8 Å². The molecule has 0 aliphatic carbocycles. The molecule has 0 saturated carbocycles. The Morgan fingerprint density at radius 2 is 1.40 bits per heavy atom. The Morgan fingerprint density at radius 1 is 1.05 bits per heavy atom. The van der Waals surface area contributed by atoms with E-state index >= 15 is 0 Å². The molecule has 8 heteroatoms. The van der Waals surface area contributed by atoms with Gasteiger partial charge in [0.1, 0.15) is 12.7 Å². The summed E-state index contributed by atoms with van der Waals surface area (Å²) < 4.78 is 4.38. The van der Waals surface area contributed by atoms with Crippen molar-refractivity contribution in [1.82, 2.24) is 0 Å². The molecule has 0 heterocycles. The maximum absolute atomic E-state index is 10.3. The van der Waals surface area contributed by atoms with Crippen LogP contribution < -0.4 is 10.2 Å². The van der Waals surface area contributed by atoms with Gasteiger partial charge in [-0.3, -0.25) is 0 Å². The maximum Gasteiger partial charge on any atom is 0.330 e. The summed E-state index contributed by atoms with van der Waals surface area (Å²) in [6, 6.07) is 0. The van der Waals surface area contributed by atoms with Crippen molar-refractivity contribution in [1.29, 1.82) is 0 Å². The first-order valence-corrected chi connectivity index (χ1v) is 5.00. The Hall–Kier alpha value is -2.45. The molecule has 0 aromatic rings. The topological polar surface area (TPSA) is 147 Å². The highest BCUT2D eigenvalue weighted by atomic mass is 16.5. The van der Waals surface area contributed by atoms with E-state index in [1.54, 1.807) is 0 Å². The number of carboxylic acids is 2. The van der Waals surface area contributed by atoms with Crippen molar-refractivity contribution in [2.24, 2.45) is 0 Å². The van der Waals surface area contributed by atoms with Gasteiger partial charge in [0, 0.05) is 6.08 Å². The van der Waals surface area contributed by atoms with Crippen molar-refractivity contribution >= 4 is 17.9 Å². The number of hydrogen-bond donors (Lipinski definition) is 2. The molecular weight excluding hydrogens is 272 g/mol. The van der Waals surface area contributed by atoms with E-state index in [0.717, 1.165) is 18.2 Å². The number of hydrogen-bond acceptors (Lipinski definition) is 8. The molecule has 0 saturated heterocycles. The van der Waals surface area contributed by atoms with Crippen LogP contribution >= 0.6 is 0 Å². The van der Waals surface area contributed by atoms with Crippen LogP contribution in [-0.4, -0.2) is 47.4 Å². The Bertz CT molecular complexity index is 316. The summed E-state index contributed by atoms with van der Waals surface area (Å²) in [6.07, 6.45) is 1.44. The number of carboxylic acid groups (broad SMARTS) is 2. The number of aliphatic hydroxyl groups is 2. The second-order valence-electron chi connectivity index (χ2n) is 2.72. The number of rotatable bonds is 6. The smallest absolute Gasteiger partial charge is 0.330 e. The molecule has 20 heavy (non-hydrogen) atoms. The van der Waals surface area contributed by atoms with Crippen LogP contribution in [0.15, 0.2) is 38.0 Å². The minimum absolute atomic E-state index is 0.193. The molecule has 0 fully saturated rings. The first-order chi connectivity index (χ1) is 9.24. The van der Waals surface area contributed by atoms with E-state index in [1.165, 1.54) is 0 Å². The zero-order valence-corrected chi connectivity index (χ0v) is 10.7. The van der Waals surface area contributed by atoms with Gasteiger partial charge in [0.15, 0.2) is 0 Å². The van der Waals surface area contributed by atoms with Gasteiger partial charge in [-0.15, -0.1) is 0 Å². The van der Waals surface area contributed by atoms with Crippen LogP contribution in [-0.2, 0) is 19.1 Å². The molecule has 0 spiro atoms. The second-order valence-corrected chi connectivity index (χ2v) is 2.72. The van der Waals surface area contributed by atoms with E-state index in [9.17, 15) is 4.79 Å². The lowest BCUT2D eigenvalue weighted by molar-refractivity contribution is -0.298. The van der Waals surface area contributed by atoms with Crippen molar-refractivity contribution < 1.29 is 39.5 Å². The first kappa shape index (κ1) is 22.7. The van der Waals surface area contributed by atoms with Crippen LogP contribution in [0, 0.1) is 0 Å². The van der Waals surface area contributed by atoms with Crippen molar-refractivity contribution in [3.05, 3.63) is 38.0 Å². The van der Waals surface area contributed by atoms with Crippen molar-refractivity contribution in [3.8, 4) is 0 Å². The fourth-order valence-electron chi connectivity index (χ4n) is 0.290. The number of aliphatic hydroxyl groups excluding tert-OH is 2. The van der Waals surface area contributed by atoms with Crippen LogP contribution in [0.4, 0.5) is 0 Å². The molecule has 8 nitrogen and oxygen atoms in total. The summed E-state index contributed by atoms with van der Waals surface area (Å²) in [5.41, 5.74) is 0. The number of carbonyl (C=O) groups is 3. The van der Waals surface area contributed by atoms with Gasteiger partial charge in [-0.05, 0) is 12.2 Å². The zero-order chi connectivity index (χ0) is 16.6. The largest absolute Gasteiger partial charge is 0.545 e.